The number of amides is 2. The zero-order valence-corrected chi connectivity index (χ0v) is 21.8. The van der Waals surface area contributed by atoms with Crippen molar-refractivity contribution in [2.45, 2.75) is 33.2 Å². The van der Waals surface area contributed by atoms with Gasteiger partial charge in [0.25, 0.3) is 11.5 Å². The second-order valence-electron chi connectivity index (χ2n) is 8.22. The third-order valence-corrected chi connectivity index (χ3v) is 7.35. The van der Waals surface area contributed by atoms with Crippen LogP contribution >= 0.6 is 22.9 Å². The van der Waals surface area contributed by atoms with Gasteiger partial charge in [-0.05, 0) is 55.7 Å². The van der Waals surface area contributed by atoms with E-state index >= 15 is 0 Å². The Morgan fingerprint density at radius 2 is 1.89 bits per heavy atom. The van der Waals surface area contributed by atoms with E-state index in [1.54, 1.807) is 43.3 Å². The predicted octanol–water partition coefficient (Wildman–Crippen LogP) is 5.58. The normalized spacial score (nSPS) is 11.8. The largest absolute Gasteiger partial charge is 0.495 e. The third-order valence-electron chi connectivity index (χ3n) is 5.92. The van der Waals surface area contributed by atoms with Crippen LogP contribution in [0.5, 0.6) is 5.75 Å². The Morgan fingerprint density at radius 1 is 1.14 bits per heavy atom. The van der Waals surface area contributed by atoms with E-state index in [2.05, 4.69) is 15.6 Å². The molecule has 0 aliphatic rings. The molecule has 0 spiro atoms. The third kappa shape index (κ3) is 4.84. The standard InChI is InChI=1S/C26H25ClN4O4S/c1-5-19(23(32)30-18-12-16(27)11-10-14(18)2)31-13-28-25-21(26(31)34)15(3)22(36-25)24(33)29-17-8-6-7-9-20(17)35-4/h6-13,19H,5H2,1-4H3,(H,29,33)(H,30,32). The lowest BCUT2D eigenvalue weighted by atomic mass is 10.1. The monoisotopic (exact) mass is 524 g/mol. The topological polar surface area (TPSA) is 102 Å². The van der Waals surface area contributed by atoms with E-state index in [9.17, 15) is 14.4 Å². The van der Waals surface area contributed by atoms with E-state index in [1.165, 1.54) is 18.0 Å². The maximum absolute atomic E-state index is 13.5. The Balaban J connectivity index is 1.67. The van der Waals surface area contributed by atoms with Crippen LogP contribution in [-0.4, -0.2) is 28.5 Å². The van der Waals surface area contributed by atoms with Crippen molar-refractivity contribution in [2.24, 2.45) is 0 Å². The van der Waals surface area contributed by atoms with Gasteiger partial charge in [-0.3, -0.25) is 19.0 Å². The highest BCUT2D eigenvalue weighted by atomic mass is 35.5. The van der Waals surface area contributed by atoms with E-state index in [4.69, 9.17) is 16.3 Å². The minimum absolute atomic E-state index is 0.317. The van der Waals surface area contributed by atoms with Gasteiger partial charge in [0.2, 0.25) is 5.91 Å². The van der Waals surface area contributed by atoms with Gasteiger partial charge in [0.1, 0.15) is 16.6 Å². The molecular formula is C26H25ClN4O4S. The summed E-state index contributed by atoms with van der Waals surface area (Å²) in [4.78, 5) is 44.9. The van der Waals surface area contributed by atoms with Gasteiger partial charge in [0, 0.05) is 10.7 Å². The molecule has 0 saturated heterocycles. The summed E-state index contributed by atoms with van der Waals surface area (Å²) in [6.07, 6.45) is 1.73. The highest BCUT2D eigenvalue weighted by molar-refractivity contribution is 7.20. The maximum atomic E-state index is 13.5. The van der Waals surface area contributed by atoms with Crippen molar-refractivity contribution in [1.29, 1.82) is 0 Å². The van der Waals surface area contributed by atoms with E-state index in [0.29, 0.717) is 49.2 Å². The van der Waals surface area contributed by atoms with Crippen molar-refractivity contribution >= 4 is 56.3 Å². The first-order valence-corrected chi connectivity index (χ1v) is 12.5. The molecule has 4 rings (SSSR count). The Labute approximate surface area is 216 Å². The second kappa shape index (κ2) is 10.5. The first-order valence-electron chi connectivity index (χ1n) is 11.3. The number of aryl methyl sites for hydroxylation is 2. The van der Waals surface area contributed by atoms with Gasteiger partial charge in [-0.1, -0.05) is 36.7 Å². The fourth-order valence-corrected chi connectivity index (χ4v) is 5.16. The lowest BCUT2D eigenvalue weighted by Crippen LogP contribution is -2.33. The van der Waals surface area contributed by atoms with Crippen LogP contribution in [0.15, 0.2) is 53.6 Å². The summed E-state index contributed by atoms with van der Waals surface area (Å²) < 4.78 is 6.62. The number of methoxy groups -OCH3 is 1. The Morgan fingerprint density at radius 3 is 2.61 bits per heavy atom. The number of aromatic nitrogens is 2. The zero-order valence-electron chi connectivity index (χ0n) is 20.2. The number of carbonyl (C=O) groups is 2. The van der Waals surface area contributed by atoms with Gasteiger partial charge in [-0.15, -0.1) is 11.3 Å². The Kier molecular flexibility index (Phi) is 7.42. The summed E-state index contributed by atoms with van der Waals surface area (Å²) >= 11 is 7.21. The molecule has 186 valence electrons. The van der Waals surface area contributed by atoms with Crippen molar-refractivity contribution in [1.82, 2.24) is 9.55 Å². The van der Waals surface area contributed by atoms with Gasteiger partial charge < -0.3 is 15.4 Å². The predicted molar refractivity (Wildman–Crippen MR) is 144 cm³/mol. The molecule has 0 aliphatic heterocycles. The molecule has 2 aromatic carbocycles. The number of benzene rings is 2. The van der Waals surface area contributed by atoms with Crippen molar-refractivity contribution in [2.75, 3.05) is 17.7 Å². The molecule has 10 heteroatoms. The highest BCUT2D eigenvalue weighted by Gasteiger charge is 2.25. The van der Waals surface area contributed by atoms with E-state index in [1.807, 2.05) is 19.9 Å². The number of ether oxygens (including phenoxy) is 1. The van der Waals surface area contributed by atoms with Crippen LogP contribution in [0, 0.1) is 13.8 Å². The molecule has 36 heavy (non-hydrogen) atoms. The smallest absolute Gasteiger partial charge is 0.266 e. The van der Waals surface area contributed by atoms with E-state index in [0.717, 1.165) is 16.9 Å². The number of hydrogen-bond donors (Lipinski definition) is 2. The summed E-state index contributed by atoms with van der Waals surface area (Å²) in [5.74, 6) is -0.197. The molecule has 4 aromatic rings. The quantitative estimate of drug-likeness (QED) is 0.328. The van der Waals surface area contributed by atoms with Crippen molar-refractivity contribution < 1.29 is 14.3 Å². The molecule has 0 bridgehead atoms. The molecule has 8 nitrogen and oxygen atoms in total. The molecule has 2 amide bonds. The average molecular weight is 525 g/mol. The molecule has 2 N–H and O–H groups in total. The van der Waals surface area contributed by atoms with E-state index in [-0.39, 0.29) is 17.4 Å². The van der Waals surface area contributed by atoms with E-state index < -0.39 is 6.04 Å². The van der Waals surface area contributed by atoms with Gasteiger partial charge in [-0.2, -0.15) is 0 Å². The maximum Gasteiger partial charge on any atom is 0.266 e. The number of hydrogen-bond acceptors (Lipinski definition) is 6. The number of thiophene rings is 1. The molecule has 0 aliphatic carbocycles. The number of anilines is 2. The number of nitrogens with zero attached hydrogens (tertiary/aromatic N) is 2. The number of carbonyl (C=O) groups excluding carboxylic acids is 2. The van der Waals surface area contributed by atoms with Crippen LogP contribution in [0.25, 0.3) is 10.2 Å². The molecular weight excluding hydrogens is 500 g/mol. The molecule has 0 radical (unpaired) electrons. The van der Waals surface area contributed by atoms with Crippen LogP contribution in [0.4, 0.5) is 11.4 Å². The van der Waals surface area contributed by atoms with Crippen LogP contribution in [0.2, 0.25) is 5.02 Å². The van der Waals surface area contributed by atoms with Crippen molar-refractivity contribution in [3.63, 3.8) is 0 Å². The molecule has 2 heterocycles. The fraction of sp³-hybridized carbons (Fsp3) is 0.231. The fourth-order valence-electron chi connectivity index (χ4n) is 3.96. The summed E-state index contributed by atoms with van der Waals surface area (Å²) in [6.45, 7) is 5.39. The van der Waals surface area contributed by atoms with Crippen LogP contribution in [0.1, 0.15) is 40.2 Å². The number of fused-ring (bicyclic) bond motifs is 1. The molecule has 1 unspecified atom stereocenters. The Bertz CT molecular complexity index is 1530. The molecule has 2 aromatic heterocycles. The SMILES string of the molecule is CCC(C(=O)Nc1cc(Cl)ccc1C)n1cnc2sc(C(=O)Nc3ccccc3OC)c(C)c2c1=O. The molecule has 1 atom stereocenters. The van der Waals surface area contributed by atoms with Crippen LogP contribution in [0.3, 0.4) is 0 Å². The minimum atomic E-state index is -0.794. The Hall–Kier alpha value is -3.69. The number of halogens is 1. The van der Waals surface area contributed by atoms with Crippen LogP contribution in [-0.2, 0) is 4.79 Å². The van der Waals surface area contributed by atoms with Crippen molar-refractivity contribution in [3.8, 4) is 5.75 Å². The summed E-state index contributed by atoms with van der Waals surface area (Å²) in [5.41, 5.74) is 2.08. The highest BCUT2D eigenvalue weighted by Crippen LogP contribution is 2.30. The van der Waals surface area contributed by atoms with Gasteiger partial charge in [-0.25, -0.2) is 4.98 Å². The molecule has 0 saturated carbocycles. The number of rotatable bonds is 7. The van der Waals surface area contributed by atoms with Crippen LogP contribution < -0.4 is 20.9 Å². The number of para-hydroxylation sites is 2. The summed E-state index contributed by atoms with van der Waals surface area (Å²) in [5, 5.41) is 6.52. The number of nitrogens with one attached hydrogen (secondary N) is 2. The zero-order chi connectivity index (χ0) is 26.0. The summed E-state index contributed by atoms with van der Waals surface area (Å²) in [6, 6.07) is 11.5. The lowest BCUT2D eigenvalue weighted by molar-refractivity contribution is -0.119. The van der Waals surface area contributed by atoms with Gasteiger partial charge in [0.15, 0.2) is 0 Å². The lowest BCUT2D eigenvalue weighted by Gasteiger charge is -2.18. The molecule has 0 fully saturated rings. The first kappa shape index (κ1) is 25.4. The second-order valence-corrected chi connectivity index (χ2v) is 9.66. The summed E-state index contributed by atoms with van der Waals surface area (Å²) in [7, 11) is 1.52. The minimum Gasteiger partial charge on any atom is -0.495 e. The van der Waals surface area contributed by atoms with Crippen molar-refractivity contribution in [3.05, 3.63) is 80.2 Å². The first-order chi connectivity index (χ1) is 17.2. The van der Waals surface area contributed by atoms with Gasteiger partial charge in [0.05, 0.1) is 29.4 Å². The van der Waals surface area contributed by atoms with Gasteiger partial charge >= 0.3 is 0 Å². The average Bonchev–Trinajstić information content (AvgIpc) is 3.20.